The molecule has 2 aromatic rings. The Hall–Kier alpha value is -3.63. The normalized spacial score (nSPS) is 10.6. The van der Waals surface area contributed by atoms with Crippen molar-refractivity contribution >= 4 is 35.4 Å². The fraction of sp³-hybridized carbons (Fsp3) is 0.304. The van der Waals surface area contributed by atoms with Crippen molar-refractivity contribution in [2.75, 3.05) is 25.6 Å². The number of nitrogens with one attached hydrogen (secondary N) is 1. The molecule has 11 heteroatoms. The predicted octanol–water partition coefficient (Wildman–Crippen LogP) is 5.00. The van der Waals surface area contributed by atoms with E-state index in [0.717, 1.165) is 6.07 Å². The third kappa shape index (κ3) is 9.88. The highest BCUT2D eigenvalue weighted by atomic mass is 35.5. The van der Waals surface area contributed by atoms with Crippen molar-refractivity contribution in [1.29, 1.82) is 0 Å². The molecule has 1 amide bonds. The molecule has 0 unspecified atom stereocenters. The van der Waals surface area contributed by atoms with Gasteiger partial charge in [0, 0.05) is 23.4 Å². The van der Waals surface area contributed by atoms with Crippen LogP contribution in [0.15, 0.2) is 48.6 Å². The number of rotatable bonds is 9. The number of halogens is 1. The number of nitro benzene ring substituents is 1. The lowest BCUT2D eigenvalue weighted by Gasteiger charge is -2.19. The number of benzene rings is 2. The van der Waals surface area contributed by atoms with E-state index < -0.39 is 22.3 Å². The number of anilines is 1. The molecule has 0 fully saturated rings. The van der Waals surface area contributed by atoms with Gasteiger partial charge in [-0.25, -0.2) is 4.79 Å². The minimum Gasteiger partial charge on any atom is -0.489 e. The van der Waals surface area contributed by atoms with Gasteiger partial charge < -0.3 is 19.9 Å². The molecule has 0 aromatic heterocycles. The predicted molar refractivity (Wildman–Crippen MR) is 130 cm³/mol. The molecule has 0 aliphatic heterocycles. The molecule has 0 saturated heterocycles. The first-order valence-electron chi connectivity index (χ1n) is 10.1. The van der Waals surface area contributed by atoms with Crippen molar-refractivity contribution in [2.45, 2.75) is 26.4 Å². The summed E-state index contributed by atoms with van der Waals surface area (Å²) in [5, 5.41) is 13.5. The molecule has 0 aliphatic rings. The Labute approximate surface area is 202 Å². The van der Waals surface area contributed by atoms with Gasteiger partial charge in [-0.2, -0.15) is 0 Å². The van der Waals surface area contributed by atoms with E-state index in [1.165, 1.54) is 13.1 Å². The van der Waals surface area contributed by atoms with Gasteiger partial charge in [0.15, 0.2) is 5.02 Å². The average Bonchev–Trinajstić information content (AvgIpc) is 2.77. The molecule has 0 aliphatic carbocycles. The van der Waals surface area contributed by atoms with Crippen molar-refractivity contribution in [3.63, 3.8) is 0 Å². The summed E-state index contributed by atoms with van der Waals surface area (Å²) < 4.78 is 16.2. The number of carbonyl (C=O) groups is 2. The summed E-state index contributed by atoms with van der Waals surface area (Å²) >= 11 is 5.97. The molecule has 3 N–H and O–H groups in total. The summed E-state index contributed by atoms with van der Waals surface area (Å²) in [5.41, 5.74) is 4.10. The molecule has 2 aromatic carbocycles. The van der Waals surface area contributed by atoms with Gasteiger partial charge in [-0.15, -0.1) is 0 Å². The van der Waals surface area contributed by atoms with Crippen LogP contribution < -0.4 is 20.5 Å². The van der Waals surface area contributed by atoms with Crippen LogP contribution in [0.4, 0.5) is 16.2 Å². The summed E-state index contributed by atoms with van der Waals surface area (Å²) in [6.45, 7) is 5.59. The first-order valence-corrected chi connectivity index (χ1v) is 10.5. The van der Waals surface area contributed by atoms with E-state index in [2.05, 4.69) is 11.1 Å². The van der Waals surface area contributed by atoms with Gasteiger partial charge in [0.2, 0.25) is 0 Å². The highest BCUT2D eigenvalue weighted by Crippen LogP contribution is 2.34. The third-order valence-electron chi connectivity index (χ3n) is 3.70. The second-order valence-electron chi connectivity index (χ2n) is 7.48. The van der Waals surface area contributed by atoms with Gasteiger partial charge in [0.25, 0.3) is 5.69 Å². The number of nitrogens with two attached hydrogens (primary N) is 1. The monoisotopic (exact) mass is 493 g/mol. The quantitative estimate of drug-likeness (QED) is 0.215. The van der Waals surface area contributed by atoms with Gasteiger partial charge >= 0.3 is 6.09 Å². The van der Waals surface area contributed by atoms with Crippen LogP contribution in [0.5, 0.6) is 11.5 Å². The van der Waals surface area contributed by atoms with E-state index in [4.69, 9.17) is 25.8 Å². The second-order valence-corrected chi connectivity index (χ2v) is 7.85. The van der Waals surface area contributed by atoms with Gasteiger partial charge in [0.1, 0.15) is 36.6 Å². The number of carbonyl (C=O) groups excluding carboxylic acids is 2. The zero-order valence-corrected chi connectivity index (χ0v) is 20.1. The Morgan fingerprint density at radius 2 is 1.79 bits per heavy atom. The van der Waals surface area contributed by atoms with Crippen molar-refractivity contribution in [1.82, 2.24) is 0 Å². The molecule has 0 bridgehead atoms. The van der Waals surface area contributed by atoms with E-state index in [9.17, 15) is 19.7 Å². The summed E-state index contributed by atoms with van der Waals surface area (Å²) in [6, 6.07) is 9.22. The largest absolute Gasteiger partial charge is 0.489 e. The summed E-state index contributed by atoms with van der Waals surface area (Å²) in [7, 11) is 1.50. The van der Waals surface area contributed by atoms with E-state index in [1.807, 2.05) is 0 Å². The molecule has 0 heterocycles. The first-order chi connectivity index (χ1) is 16.1. The fourth-order valence-corrected chi connectivity index (χ4v) is 2.65. The van der Waals surface area contributed by atoms with E-state index in [-0.39, 0.29) is 29.5 Å². The topological polar surface area (TPSA) is 143 Å². The summed E-state index contributed by atoms with van der Waals surface area (Å²) in [4.78, 5) is 33.1. The summed E-state index contributed by atoms with van der Waals surface area (Å²) in [5.74, 6) is 0.566. The number of hydrogen-bond acceptors (Lipinski definition) is 8. The Morgan fingerprint density at radius 1 is 1.15 bits per heavy atom. The Kier molecular flexibility index (Phi) is 11.5. The molecular weight excluding hydrogens is 466 g/mol. The van der Waals surface area contributed by atoms with Crippen LogP contribution in [-0.4, -0.2) is 43.2 Å². The molecule has 184 valence electrons. The maximum absolute atomic E-state index is 11.8. The summed E-state index contributed by atoms with van der Waals surface area (Å²) in [6.07, 6.45) is 3.23. The van der Waals surface area contributed by atoms with Crippen LogP contribution >= 0.6 is 11.6 Å². The Morgan fingerprint density at radius 3 is 2.38 bits per heavy atom. The zero-order valence-electron chi connectivity index (χ0n) is 19.4. The maximum Gasteiger partial charge on any atom is 0.412 e. The number of nitro groups is 1. The number of nitrogens with zero attached hydrogens (tertiary/aromatic N) is 1. The van der Waals surface area contributed by atoms with Gasteiger partial charge in [0.05, 0.1) is 4.92 Å². The molecule has 2 rings (SSSR count). The van der Waals surface area contributed by atoms with Crippen molar-refractivity contribution in [3.05, 3.63) is 69.3 Å². The first kappa shape index (κ1) is 28.4. The van der Waals surface area contributed by atoms with Crippen LogP contribution in [0, 0.1) is 10.1 Å². The molecule has 0 saturated carbocycles. The highest BCUT2D eigenvalue weighted by Gasteiger charge is 2.19. The fourth-order valence-electron chi connectivity index (χ4n) is 2.41. The molecule has 0 atom stereocenters. The number of hydrogen-bond donors (Lipinski definition) is 2. The van der Waals surface area contributed by atoms with Crippen LogP contribution in [0.25, 0.3) is 0 Å². The molecule has 10 nitrogen and oxygen atoms in total. The minimum atomic E-state index is -0.683. The second kappa shape index (κ2) is 13.8. The van der Waals surface area contributed by atoms with Gasteiger partial charge in [-0.3, -0.25) is 20.2 Å². The Bertz CT molecular complexity index is 1020. The molecule has 0 radical (unpaired) electrons. The number of aldehydes is 1. The van der Waals surface area contributed by atoms with Crippen LogP contribution in [0.2, 0.25) is 5.02 Å². The maximum atomic E-state index is 11.8. The lowest BCUT2D eigenvalue weighted by molar-refractivity contribution is -0.384. The lowest BCUT2D eigenvalue weighted by atomic mass is 10.2. The van der Waals surface area contributed by atoms with E-state index in [1.54, 1.807) is 57.2 Å². The minimum absolute atomic E-state index is 0.0365. The van der Waals surface area contributed by atoms with Crippen molar-refractivity contribution in [3.8, 4) is 11.5 Å². The zero-order chi connectivity index (χ0) is 25.7. The number of ether oxygens (including phenoxy) is 3. The molecular formula is C23H28ClN3O7. The standard InChI is InChI=1S/C22H23ClN2O7.CH5N/c1-22(2,3)32-21(27)24-16-7-6-8-17(13-16)30-9-4-5-10-31-19-12-15(14-26)11-18(20(19)23)25(28)29;1-2/h4-8,11-14H,9-10H2,1-3H3,(H,24,27);2H2,1H3/b5-4+;. The van der Waals surface area contributed by atoms with Gasteiger partial charge in [-0.1, -0.05) is 17.7 Å². The smallest absolute Gasteiger partial charge is 0.412 e. The van der Waals surface area contributed by atoms with Crippen LogP contribution in [-0.2, 0) is 4.74 Å². The van der Waals surface area contributed by atoms with Gasteiger partial charge in [-0.05, 0) is 58.2 Å². The molecule has 34 heavy (non-hydrogen) atoms. The average molecular weight is 494 g/mol. The van der Waals surface area contributed by atoms with E-state index >= 15 is 0 Å². The van der Waals surface area contributed by atoms with E-state index in [0.29, 0.717) is 17.7 Å². The molecule has 0 spiro atoms. The van der Waals surface area contributed by atoms with Crippen LogP contribution in [0.3, 0.4) is 0 Å². The number of amides is 1. The third-order valence-corrected chi connectivity index (χ3v) is 4.08. The lowest BCUT2D eigenvalue weighted by Crippen LogP contribution is -2.27. The SMILES string of the molecule is CC(C)(C)OC(=O)Nc1cccc(OC/C=C/COc2cc(C=O)cc([N+](=O)[O-])c2Cl)c1.CN. The highest BCUT2D eigenvalue weighted by molar-refractivity contribution is 6.34. The van der Waals surface area contributed by atoms with Crippen molar-refractivity contribution in [2.24, 2.45) is 5.73 Å². The van der Waals surface area contributed by atoms with Crippen molar-refractivity contribution < 1.29 is 28.7 Å². The van der Waals surface area contributed by atoms with Crippen LogP contribution in [0.1, 0.15) is 31.1 Å². The Balaban J connectivity index is 0.00000281.